The van der Waals surface area contributed by atoms with E-state index in [2.05, 4.69) is 5.16 Å². The van der Waals surface area contributed by atoms with Gasteiger partial charge in [-0.3, -0.25) is 14.9 Å². The van der Waals surface area contributed by atoms with Crippen LogP contribution in [-0.2, 0) is 20.8 Å². The molecule has 2 amide bonds. The summed E-state index contributed by atoms with van der Waals surface area (Å²) in [5.74, 6) is -0.541. The van der Waals surface area contributed by atoms with Crippen LogP contribution < -0.4 is 0 Å². The number of hydrogen-bond acceptors (Lipinski definition) is 7. The first-order valence-electron chi connectivity index (χ1n) is 9.84. The standard InChI is InChI=1S/C22H21N3O6/c1-22(2)19(11-14-7-4-3-5-8-14)24(21(27)30-22)20(26)18-13-17(23-31-18)15-9-6-10-16(12-15)25(28)29/h3-10,12,18-19H,11,13H2,1-2H3/t18-,19-/m0/s1. The maximum absolute atomic E-state index is 13.2. The fraction of sp³-hybridized carbons (Fsp3) is 0.318. The largest absolute Gasteiger partial charge is 0.441 e. The van der Waals surface area contributed by atoms with Gasteiger partial charge in [0.15, 0.2) is 0 Å². The van der Waals surface area contributed by atoms with E-state index in [1.165, 1.54) is 12.1 Å². The Morgan fingerprint density at radius 3 is 2.68 bits per heavy atom. The molecule has 0 N–H and O–H groups in total. The molecule has 31 heavy (non-hydrogen) atoms. The van der Waals surface area contributed by atoms with Crippen LogP contribution in [0.5, 0.6) is 0 Å². The number of cyclic esters (lactones) is 1. The van der Waals surface area contributed by atoms with Gasteiger partial charge in [0.1, 0.15) is 5.60 Å². The summed E-state index contributed by atoms with van der Waals surface area (Å²) >= 11 is 0. The van der Waals surface area contributed by atoms with Crippen LogP contribution in [0.15, 0.2) is 59.8 Å². The number of oxime groups is 1. The van der Waals surface area contributed by atoms with Gasteiger partial charge >= 0.3 is 6.09 Å². The van der Waals surface area contributed by atoms with E-state index >= 15 is 0 Å². The van der Waals surface area contributed by atoms with Crippen molar-refractivity contribution in [3.05, 3.63) is 75.8 Å². The van der Waals surface area contributed by atoms with E-state index < -0.39 is 34.7 Å². The molecule has 0 bridgehead atoms. The Bertz CT molecular complexity index is 1070. The minimum Gasteiger partial charge on any atom is -0.441 e. The number of rotatable bonds is 5. The highest BCUT2D eigenvalue weighted by Crippen LogP contribution is 2.34. The fourth-order valence-electron chi connectivity index (χ4n) is 3.83. The molecule has 0 spiro atoms. The molecule has 0 unspecified atom stereocenters. The average Bonchev–Trinajstić information content (AvgIpc) is 3.31. The zero-order valence-corrected chi connectivity index (χ0v) is 17.1. The molecular weight excluding hydrogens is 402 g/mol. The minimum atomic E-state index is -1.01. The maximum Gasteiger partial charge on any atom is 0.417 e. The van der Waals surface area contributed by atoms with Gasteiger partial charge in [0.25, 0.3) is 11.6 Å². The van der Waals surface area contributed by atoms with E-state index in [4.69, 9.17) is 9.57 Å². The minimum absolute atomic E-state index is 0.0808. The second-order valence-corrected chi connectivity index (χ2v) is 8.03. The van der Waals surface area contributed by atoms with Crippen molar-refractivity contribution in [1.82, 2.24) is 4.90 Å². The number of carbonyl (C=O) groups is 2. The fourth-order valence-corrected chi connectivity index (χ4v) is 3.83. The molecule has 0 saturated carbocycles. The molecule has 1 saturated heterocycles. The number of carbonyl (C=O) groups excluding carboxylic acids is 2. The summed E-state index contributed by atoms with van der Waals surface area (Å²) in [7, 11) is 0. The molecule has 0 aliphatic carbocycles. The van der Waals surface area contributed by atoms with Crippen molar-refractivity contribution in [3.8, 4) is 0 Å². The molecule has 0 radical (unpaired) electrons. The highest BCUT2D eigenvalue weighted by Gasteiger charge is 2.52. The number of nitro benzene ring substituents is 1. The predicted molar refractivity (Wildman–Crippen MR) is 110 cm³/mol. The Labute approximate surface area is 178 Å². The lowest BCUT2D eigenvalue weighted by atomic mass is 9.91. The lowest BCUT2D eigenvalue weighted by Gasteiger charge is -2.28. The summed E-state index contributed by atoms with van der Waals surface area (Å²) in [6.07, 6.45) is -1.18. The number of benzene rings is 2. The second kappa shape index (κ2) is 7.82. The van der Waals surface area contributed by atoms with Crippen LogP contribution in [0.4, 0.5) is 10.5 Å². The molecule has 2 atom stereocenters. The van der Waals surface area contributed by atoms with Gasteiger partial charge in [-0.15, -0.1) is 0 Å². The van der Waals surface area contributed by atoms with Gasteiger partial charge in [0.05, 0.1) is 16.7 Å². The Kier molecular flexibility index (Phi) is 5.18. The maximum atomic E-state index is 13.2. The summed E-state index contributed by atoms with van der Waals surface area (Å²) in [4.78, 5) is 42.8. The van der Waals surface area contributed by atoms with E-state index in [1.807, 2.05) is 30.3 Å². The third kappa shape index (κ3) is 3.98. The molecule has 2 aromatic carbocycles. The van der Waals surface area contributed by atoms with Gasteiger partial charge in [-0.05, 0) is 25.8 Å². The van der Waals surface area contributed by atoms with Crippen molar-refractivity contribution < 1.29 is 24.1 Å². The Balaban J connectivity index is 1.52. The topological polar surface area (TPSA) is 111 Å². The number of ether oxygens (including phenoxy) is 1. The monoisotopic (exact) mass is 423 g/mol. The number of nitrogens with zero attached hydrogens (tertiary/aromatic N) is 3. The van der Waals surface area contributed by atoms with Gasteiger partial charge in [-0.25, -0.2) is 9.69 Å². The highest BCUT2D eigenvalue weighted by molar-refractivity contribution is 6.06. The van der Waals surface area contributed by atoms with E-state index in [0.717, 1.165) is 10.5 Å². The van der Waals surface area contributed by atoms with E-state index in [9.17, 15) is 19.7 Å². The quantitative estimate of drug-likeness (QED) is 0.538. The van der Waals surface area contributed by atoms with Crippen molar-refractivity contribution >= 4 is 23.4 Å². The van der Waals surface area contributed by atoms with Crippen LogP contribution in [0.2, 0.25) is 0 Å². The first-order chi connectivity index (χ1) is 14.8. The molecule has 9 nitrogen and oxygen atoms in total. The van der Waals surface area contributed by atoms with Gasteiger partial charge < -0.3 is 9.57 Å². The first-order valence-corrected chi connectivity index (χ1v) is 9.84. The number of hydrogen-bond donors (Lipinski definition) is 0. The molecule has 2 aliphatic rings. The summed E-state index contributed by atoms with van der Waals surface area (Å²) in [5.41, 5.74) is 0.925. The molecule has 1 fully saturated rings. The molecule has 2 aliphatic heterocycles. The number of imide groups is 1. The lowest BCUT2D eigenvalue weighted by molar-refractivity contribution is -0.384. The Morgan fingerprint density at radius 2 is 1.97 bits per heavy atom. The summed E-state index contributed by atoms with van der Waals surface area (Å²) in [6.45, 7) is 3.54. The number of nitro groups is 1. The van der Waals surface area contributed by atoms with Crippen molar-refractivity contribution in [3.63, 3.8) is 0 Å². The van der Waals surface area contributed by atoms with Crippen LogP contribution in [0.1, 0.15) is 31.4 Å². The van der Waals surface area contributed by atoms with Gasteiger partial charge in [-0.2, -0.15) is 0 Å². The normalized spacial score (nSPS) is 21.9. The Hall–Kier alpha value is -3.75. The zero-order chi connectivity index (χ0) is 22.2. The van der Waals surface area contributed by atoms with Gasteiger partial charge in [0, 0.05) is 24.1 Å². The molecule has 4 rings (SSSR count). The summed E-state index contributed by atoms with van der Waals surface area (Å²) < 4.78 is 5.48. The smallest absolute Gasteiger partial charge is 0.417 e. The van der Waals surface area contributed by atoms with Crippen LogP contribution in [0.25, 0.3) is 0 Å². The number of amides is 2. The van der Waals surface area contributed by atoms with Crippen molar-refractivity contribution in [1.29, 1.82) is 0 Å². The second-order valence-electron chi connectivity index (χ2n) is 8.03. The van der Waals surface area contributed by atoms with E-state index in [-0.39, 0.29) is 12.1 Å². The SMILES string of the molecule is CC1(C)OC(=O)N(C(=O)[C@@H]2CC(c3cccc([N+](=O)[O-])c3)=NO2)[C@H]1Cc1ccccc1. The average molecular weight is 423 g/mol. The molecule has 0 aromatic heterocycles. The third-order valence-electron chi connectivity index (χ3n) is 5.51. The van der Waals surface area contributed by atoms with Gasteiger partial charge in [-0.1, -0.05) is 47.6 Å². The summed E-state index contributed by atoms with van der Waals surface area (Å²) in [6, 6.07) is 15.0. The lowest BCUT2D eigenvalue weighted by Crippen LogP contribution is -2.49. The van der Waals surface area contributed by atoms with Crippen molar-refractivity contribution in [2.75, 3.05) is 0 Å². The molecule has 160 valence electrons. The number of non-ortho nitro benzene ring substituents is 1. The predicted octanol–water partition coefficient (Wildman–Crippen LogP) is 3.46. The first kappa shape index (κ1) is 20.5. The van der Waals surface area contributed by atoms with Crippen LogP contribution in [-0.4, -0.2) is 45.3 Å². The molecule has 2 heterocycles. The van der Waals surface area contributed by atoms with Crippen LogP contribution in [0, 0.1) is 10.1 Å². The van der Waals surface area contributed by atoms with Gasteiger partial charge in [0.2, 0.25) is 6.10 Å². The van der Waals surface area contributed by atoms with Crippen molar-refractivity contribution in [2.24, 2.45) is 5.16 Å². The third-order valence-corrected chi connectivity index (χ3v) is 5.51. The Morgan fingerprint density at radius 1 is 1.23 bits per heavy atom. The van der Waals surface area contributed by atoms with Crippen LogP contribution >= 0.6 is 0 Å². The van der Waals surface area contributed by atoms with Crippen molar-refractivity contribution in [2.45, 2.75) is 44.4 Å². The van der Waals surface area contributed by atoms with E-state index in [0.29, 0.717) is 17.7 Å². The molecule has 9 heteroatoms. The molecular formula is C22H21N3O6. The zero-order valence-electron chi connectivity index (χ0n) is 17.1. The summed E-state index contributed by atoms with van der Waals surface area (Å²) in [5, 5.41) is 15.0. The van der Waals surface area contributed by atoms with Crippen LogP contribution in [0.3, 0.4) is 0 Å². The highest BCUT2D eigenvalue weighted by atomic mass is 16.7. The molecule has 2 aromatic rings. The van der Waals surface area contributed by atoms with E-state index in [1.54, 1.807) is 26.0 Å².